The van der Waals surface area contributed by atoms with E-state index in [9.17, 15) is 25.3 Å². The maximum atomic E-state index is 12.2. The summed E-state index contributed by atoms with van der Waals surface area (Å²) in [5.74, 6) is -0.745. The first-order chi connectivity index (χ1) is 14.0. The van der Waals surface area contributed by atoms with Crippen LogP contribution in [0.5, 0.6) is 5.75 Å². The van der Waals surface area contributed by atoms with Crippen molar-refractivity contribution < 1.29 is 14.8 Å². The molecule has 0 aliphatic rings. The molecule has 0 aliphatic heterocycles. The Hall–Kier alpha value is -4.51. The molecular weight excluding hydrogens is 372 g/mol. The molecule has 29 heavy (non-hydrogen) atoms. The molecule has 0 saturated carbocycles. The van der Waals surface area contributed by atoms with Crippen molar-refractivity contribution in [2.24, 2.45) is 5.10 Å². The highest BCUT2D eigenvalue weighted by Crippen LogP contribution is 2.25. The Bertz CT molecular complexity index is 1190. The highest BCUT2D eigenvalue weighted by atomic mass is 16.6. The summed E-state index contributed by atoms with van der Waals surface area (Å²) in [4.78, 5) is 22.3. The second-order valence-corrected chi connectivity index (χ2v) is 5.94. The van der Waals surface area contributed by atoms with Gasteiger partial charge in [-0.15, -0.1) is 0 Å². The predicted molar refractivity (Wildman–Crippen MR) is 108 cm³/mol. The van der Waals surface area contributed by atoms with Crippen LogP contribution in [0.4, 0.5) is 5.69 Å². The largest absolute Gasteiger partial charge is 0.507 e. The van der Waals surface area contributed by atoms with Crippen LogP contribution in [0.2, 0.25) is 0 Å². The molecule has 0 saturated heterocycles. The number of nitrogens with zero attached hydrogens (tertiary/aromatic N) is 3. The van der Waals surface area contributed by atoms with E-state index in [-0.39, 0.29) is 17.0 Å². The quantitative estimate of drug-likeness (QED) is 0.228. The number of nitrogens with one attached hydrogen (secondary N) is 1. The third-order valence-electron chi connectivity index (χ3n) is 4.09. The predicted octanol–water partition coefficient (Wildman–Crippen LogP) is 3.51. The van der Waals surface area contributed by atoms with Gasteiger partial charge in [0.2, 0.25) is 0 Å². The molecule has 0 heterocycles. The van der Waals surface area contributed by atoms with Gasteiger partial charge in [0.05, 0.1) is 11.1 Å². The molecule has 142 valence electrons. The first-order valence-corrected chi connectivity index (χ1v) is 8.40. The van der Waals surface area contributed by atoms with Crippen LogP contribution in [0.1, 0.15) is 11.1 Å². The summed E-state index contributed by atoms with van der Waals surface area (Å²) in [5.41, 5.74) is 2.82. The van der Waals surface area contributed by atoms with Crippen LogP contribution >= 0.6 is 0 Å². The van der Waals surface area contributed by atoms with Gasteiger partial charge in [-0.2, -0.15) is 10.4 Å². The molecule has 0 atom stereocenters. The molecule has 2 N–H and O–H groups in total. The Labute approximate surface area is 165 Å². The van der Waals surface area contributed by atoms with Crippen LogP contribution in [-0.2, 0) is 4.79 Å². The molecule has 0 fully saturated rings. The minimum absolute atomic E-state index is 0.00336. The lowest BCUT2D eigenvalue weighted by Gasteiger charge is -2.04. The Kier molecular flexibility index (Phi) is 5.61. The lowest BCUT2D eigenvalue weighted by atomic mass is 10.0. The second kappa shape index (κ2) is 8.45. The molecule has 3 aromatic carbocycles. The third-order valence-corrected chi connectivity index (χ3v) is 4.09. The Morgan fingerprint density at radius 3 is 2.55 bits per heavy atom. The number of benzene rings is 3. The maximum absolute atomic E-state index is 12.2. The number of aromatic hydroxyl groups is 1. The van der Waals surface area contributed by atoms with Crippen molar-refractivity contribution in [1.29, 1.82) is 5.26 Å². The SMILES string of the molecule is N#C/C(=C/c1ccc([N+](=O)[O-])cc1)C(=O)N/N=C/c1c(O)ccc2ccccc12. The monoisotopic (exact) mass is 386 g/mol. The highest BCUT2D eigenvalue weighted by molar-refractivity contribution is 6.04. The van der Waals surface area contributed by atoms with Crippen molar-refractivity contribution in [3.63, 3.8) is 0 Å². The molecule has 3 aromatic rings. The van der Waals surface area contributed by atoms with Gasteiger partial charge in [0.15, 0.2) is 0 Å². The van der Waals surface area contributed by atoms with Crippen molar-refractivity contribution in [2.75, 3.05) is 0 Å². The van der Waals surface area contributed by atoms with Gasteiger partial charge in [-0.25, -0.2) is 5.43 Å². The number of hydrogen-bond acceptors (Lipinski definition) is 6. The van der Waals surface area contributed by atoms with Crippen molar-refractivity contribution >= 4 is 34.7 Å². The zero-order valence-electron chi connectivity index (χ0n) is 14.9. The number of rotatable bonds is 5. The van der Waals surface area contributed by atoms with E-state index in [0.717, 1.165) is 10.8 Å². The molecular formula is C21H14N4O4. The van der Waals surface area contributed by atoms with E-state index in [4.69, 9.17) is 0 Å². The molecule has 0 bridgehead atoms. The fraction of sp³-hybridized carbons (Fsp3) is 0. The van der Waals surface area contributed by atoms with Crippen molar-refractivity contribution in [2.45, 2.75) is 0 Å². The van der Waals surface area contributed by atoms with Gasteiger partial charge in [-0.3, -0.25) is 14.9 Å². The van der Waals surface area contributed by atoms with Gasteiger partial charge >= 0.3 is 0 Å². The van der Waals surface area contributed by atoms with Gasteiger partial charge in [0.1, 0.15) is 17.4 Å². The Balaban J connectivity index is 1.78. The van der Waals surface area contributed by atoms with Gasteiger partial charge < -0.3 is 5.11 Å². The molecule has 0 unspecified atom stereocenters. The van der Waals surface area contributed by atoms with Crippen LogP contribution < -0.4 is 5.43 Å². The minimum atomic E-state index is -0.748. The number of carbonyl (C=O) groups is 1. The summed E-state index contributed by atoms with van der Waals surface area (Å²) in [7, 11) is 0. The van der Waals surface area contributed by atoms with E-state index < -0.39 is 10.8 Å². The third kappa shape index (κ3) is 4.43. The van der Waals surface area contributed by atoms with E-state index in [0.29, 0.717) is 11.1 Å². The van der Waals surface area contributed by atoms with E-state index in [2.05, 4.69) is 10.5 Å². The summed E-state index contributed by atoms with van der Waals surface area (Å²) >= 11 is 0. The number of carbonyl (C=O) groups excluding carboxylic acids is 1. The zero-order chi connectivity index (χ0) is 20.8. The zero-order valence-corrected chi connectivity index (χ0v) is 14.9. The number of non-ortho nitro benzene ring substituents is 1. The van der Waals surface area contributed by atoms with Crippen LogP contribution in [0, 0.1) is 21.4 Å². The van der Waals surface area contributed by atoms with Crippen molar-refractivity contribution in [3.8, 4) is 11.8 Å². The standard InChI is InChI=1S/C21H14N4O4/c22-12-16(11-14-5-8-17(9-6-14)25(28)29)21(27)24-23-13-19-18-4-2-1-3-15(18)7-10-20(19)26/h1-11,13,26H,(H,24,27)/b16-11-,23-13+. The Morgan fingerprint density at radius 1 is 1.14 bits per heavy atom. The molecule has 8 nitrogen and oxygen atoms in total. The van der Waals surface area contributed by atoms with Crippen LogP contribution in [0.15, 0.2) is 71.3 Å². The van der Waals surface area contributed by atoms with E-state index in [1.807, 2.05) is 24.3 Å². The topological polar surface area (TPSA) is 129 Å². The van der Waals surface area contributed by atoms with Gasteiger partial charge in [-0.1, -0.05) is 30.3 Å². The van der Waals surface area contributed by atoms with Crippen LogP contribution in [-0.4, -0.2) is 22.2 Å². The molecule has 3 rings (SSSR count). The number of nitro groups is 1. The smallest absolute Gasteiger partial charge is 0.282 e. The normalized spacial score (nSPS) is 11.3. The number of phenols is 1. The Morgan fingerprint density at radius 2 is 1.86 bits per heavy atom. The lowest BCUT2D eigenvalue weighted by molar-refractivity contribution is -0.384. The van der Waals surface area contributed by atoms with Crippen LogP contribution in [0.3, 0.4) is 0 Å². The number of nitro benzene ring substituents is 1. The average molecular weight is 386 g/mol. The number of nitriles is 1. The molecule has 0 radical (unpaired) electrons. The van der Waals surface area contributed by atoms with E-state index in [1.54, 1.807) is 12.1 Å². The van der Waals surface area contributed by atoms with Gasteiger partial charge in [0.25, 0.3) is 11.6 Å². The first kappa shape index (κ1) is 19.3. The fourth-order valence-electron chi connectivity index (χ4n) is 2.64. The molecule has 1 amide bonds. The average Bonchev–Trinajstić information content (AvgIpc) is 2.73. The minimum Gasteiger partial charge on any atom is -0.507 e. The summed E-state index contributed by atoms with van der Waals surface area (Å²) < 4.78 is 0. The fourth-order valence-corrected chi connectivity index (χ4v) is 2.64. The van der Waals surface area contributed by atoms with Crippen LogP contribution in [0.25, 0.3) is 16.8 Å². The van der Waals surface area contributed by atoms with Gasteiger partial charge in [0, 0.05) is 17.7 Å². The second-order valence-electron chi connectivity index (χ2n) is 5.94. The summed E-state index contributed by atoms with van der Waals surface area (Å²) in [5, 5.41) is 35.5. The molecule has 0 aliphatic carbocycles. The van der Waals surface area contributed by atoms with Crippen molar-refractivity contribution in [3.05, 3.63) is 87.5 Å². The lowest BCUT2D eigenvalue weighted by Crippen LogP contribution is -2.19. The van der Waals surface area contributed by atoms with Crippen molar-refractivity contribution in [1.82, 2.24) is 5.43 Å². The maximum Gasteiger partial charge on any atom is 0.282 e. The molecule has 0 spiro atoms. The first-order valence-electron chi connectivity index (χ1n) is 8.40. The number of amides is 1. The van der Waals surface area contributed by atoms with E-state index in [1.165, 1.54) is 42.6 Å². The molecule has 8 heteroatoms. The van der Waals surface area contributed by atoms with E-state index >= 15 is 0 Å². The summed E-state index contributed by atoms with van der Waals surface area (Å²) in [6.45, 7) is 0. The number of fused-ring (bicyclic) bond motifs is 1. The summed E-state index contributed by atoms with van der Waals surface area (Å²) in [6, 6.07) is 17.9. The number of hydrogen-bond donors (Lipinski definition) is 2. The van der Waals surface area contributed by atoms with Gasteiger partial charge in [-0.05, 0) is 40.6 Å². The molecule has 0 aromatic heterocycles. The number of hydrazone groups is 1. The summed E-state index contributed by atoms with van der Waals surface area (Å²) in [6.07, 6.45) is 2.60. The number of phenolic OH excluding ortho intramolecular Hbond substituents is 1. The highest BCUT2D eigenvalue weighted by Gasteiger charge is 2.10.